The molecule has 5 heterocycles. The number of aromatic nitrogens is 3. The van der Waals surface area contributed by atoms with Gasteiger partial charge in [-0.15, -0.1) is 0 Å². The Bertz CT molecular complexity index is 2950. The lowest BCUT2D eigenvalue weighted by Gasteiger charge is -2.39. The predicted octanol–water partition coefficient (Wildman–Crippen LogP) is 7.12. The standard InChI is InChI=1S/C43H58N10O6.C16H15FN2O.C2H6/c1-5-33-8-6-7-9-36(33)34-24-37(47-38(55)28-53(42(58)59-43(2,3)4)27-35-10-13-44-30-46-35)40(45-25-34)41(57)52-14-11-32(12-15-52)26-48-16-18-49(19-17-48)29-39(56)51-22-20-50(31-54)21-23-51;1-10-8-11(6-7-14(10)17)9-15(18)12-4-2-3-5-13(12)16(19)20;1-2/h6-10,13,24-25,30-32H,5,11-12,14-23,26-29H2,1-4H3,(H,47,55);2-8,18H,9H2,1H3,(H2,19,20);1-2H3. The number of benzene rings is 3. The minimum atomic E-state index is -0.789. The Balaban J connectivity index is 0.000000401. The molecule has 0 unspecified atom stereocenters. The van der Waals surface area contributed by atoms with Crippen LogP contribution < -0.4 is 11.1 Å². The molecule has 5 aromatic rings. The van der Waals surface area contributed by atoms with E-state index in [1.54, 1.807) is 93.5 Å². The van der Waals surface area contributed by atoms with Crippen molar-refractivity contribution in [3.05, 3.63) is 143 Å². The van der Waals surface area contributed by atoms with E-state index in [1.807, 2.05) is 47.9 Å². The number of piperidine rings is 1. The number of hydrogen-bond donors (Lipinski definition) is 3. The van der Waals surface area contributed by atoms with Gasteiger partial charge in [-0.3, -0.25) is 33.8 Å². The summed E-state index contributed by atoms with van der Waals surface area (Å²) in [5.74, 6) is -1.04. The molecule has 0 atom stereocenters. The highest BCUT2D eigenvalue weighted by atomic mass is 19.1. The molecule has 4 N–H and O–H groups in total. The summed E-state index contributed by atoms with van der Waals surface area (Å²) in [7, 11) is 0. The zero-order chi connectivity index (χ0) is 58.6. The van der Waals surface area contributed by atoms with Crippen molar-refractivity contribution in [2.45, 2.75) is 86.3 Å². The zero-order valence-corrected chi connectivity index (χ0v) is 48.0. The molecule has 432 valence electrons. The van der Waals surface area contributed by atoms with Crippen LogP contribution in [-0.4, -0.2) is 177 Å². The fourth-order valence-corrected chi connectivity index (χ4v) is 9.88. The monoisotopic (exact) mass is 1110 g/mol. The van der Waals surface area contributed by atoms with Gasteiger partial charge < -0.3 is 40.8 Å². The van der Waals surface area contributed by atoms with Gasteiger partial charge in [0.25, 0.3) is 5.91 Å². The van der Waals surface area contributed by atoms with E-state index >= 15 is 0 Å². The summed E-state index contributed by atoms with van der Waals surface area (Å²) in [5, 5.41) is 11.1. The summed E-state index contributed by atoms with van der Waals surface area (Å²) < 4.78 is 18.8. The normalized spacial score (nSPS) is 15.0. The minimum absolute atomic E-state index is 0.0190. The Morgan fingerprint density at radius 1 is 0.840 bits per heavy atom. The number of nitrogens with zero attached hydrogens (tertiary/aromatic N) is 9. The highest BCUT2D eigenvalue weighted by molar-refractivity contribution is 6.09. The number of carbonyl (C=O) groups excluding carboxylic acids is 6. The van der Waals surface area contributed by atoms with E-state index in [1.165, 1.54) is 17.3 Å². The highest BCUT2D eigenvalue weighted by Gasteiger charge is 2.31. The van der Waals surface area contributed by atoms with Crippen molar-refractivity contribution in [1.82, 2.24) is 44.4 Å². The average Bonchev–Trinajstić information content (AvgIpc) is 3.62. The van der Waals surface area contributed by atoms with E-state index < -0.39 is 23.5 Å². The van der Waals surface area contributed by atoms with Crippen molar-refractivity contribution < 1.29 is 37.9 Å². The fraction of sp³-hybridized carbons (Fsp3) is 0.443. The lowest BCUT2D eigenvalue weighted by atomic mass is 9.95. The van der Waals surface area contributed by atoms with E-state index in [9.17, 15) is 33.2 Å². The number of carbonyl (C=O) groups is 6. The Morgan fingerprint density at radius 3 is 2.14 bits per heavy atom. The van der Waals surface area contributed by atoms with Crippen molar-refractivity contribution in [2.75, 3.05) is 90.4 Å². The number of hydrogen-bond acceptors (Lipinski definition) is 13. The fourth-order valence-electron chi connectivity index (χ4n) is 9.88. The third-order valence-electron chi connectivity index (χ3n) is 14.2. The molecule has 3 saturated heterocycles. The SMILES string of the molecule is CC.CCc1ccccc1-c1cnc(C(=O)N2CCC(CN3CCN(CC(=O)N4CCN(C=O)CC4)CC3)CC2)c(NC(=O)CN(Cc2ccncn2)C(=O)OC(C)(C)C)c1.Cc1cc(CC(=N)c2ccccc2C(N)=O)ccc1F. The van der Waals surface area contributed by atoms with E-state index in [4.69, 9.17) is 15.9 Å². The first-order valence-electron chi connectivity index (χ1n) is 27.9. The largest absolute Gasteiger partial charge is 0.444 e. The highest BCUT2D eigenvalue weighted by Crippen LogP contribution is 2.30. The minimum Gasteiger partial charge on any atom is -0.444 e. The molecule has 3 aliphatic rings. The van der Waals surface area contributed by atoms with Crippen LogP contribution in [0.25, 0.3) is 11.1 Å². The lowest BCUT2D eigenvalue weighted by Crippen LogP contribution is -2.54. The van der Waals surface area contributed by atoms with Crippen LogP contribution in [-0.2, 0) is 38.5 Å². The van der Waals surface area contributed by atoms with Crippen LogP contribution in [0.1, 0.15) is 103 Å². The van der Waals surface area contributed by atoms with Gasteiger partial charge in [-0.1, -0.05) is 75.4 Å². The molecule has 0 aliphatic carbocycles. The summed E-state index contributed by atoms with van der Waals surface area (Å²) in [6.45, 7) is 20.9. The number of aryl methyl sites for hydroxylation is 2. The van der Waals surface area contributed by atoms with Gasteiger partial charge in [0.05, 0.1) is 24.5 Å². The molecule has 3 aromatic carbocycles. The van der Waals surface area contributed by atoms with Gasteiger partial charge in [0, 0.05) is 113 Å². The third-order valence-corrected chi connectivity index (χ3v) is 14.2. The van der Waals surface area contributed by atoms with E-state index in [2.05, 4.69) is 37.0 Å². The first-order chi connectivity index (χ1) is 38.9. The van der Waals surface area contributed by atoms with E-state index in [-0.39, 0.29) is 47.8 Å². The number of rotatable bonds is 17. The van der Waals surface area contributed by atoms with Gasteiger partial charge in [-0.05, 0) is 99.4 Å². The van der Waals surface area contributed by atoms with Crippen molar-refractivity contribution in [3.63, 3.8) is 0 Å². The van der Waals surface area contributed by atoms with Crippen LogP contribution in [0.15, 0.2) is 97.6 Å². The summed E-state index contributed by atoms with van der Waals surface area (Å²) in [6, 6.07) is 22.9. The number of nitrogens with two attached hydrogens (primary N) is 1. The second-order valence-electron chi connectivity index (χ2n) is 21.2. The third kappa shape index (κ3) is 18.3. The molecule has 3 fully saturated rings. The van der Waals surface area contributed by atoms with Crippen molar-refractivity contribution in [1.29, 1.82) is 5.41 Å². The number of halogens is 1. The van der Waals surface area contributed by atoms with Crippen LogP contribution in [0, 0.1) is 24.1 Å². The molecule has 2 aromatic heterocycles. The van der Waals surface area contributed by atoms with Crippen LogP contribution in [0.5, 0.6) is 0 Å². The first kappa shape index (κ1) is 62.2. The smallest absolute Gasteiger partial charge is 0.411 e. The summed E-state index contributed by atoms with van der Waals surface area (Å²) in [4.78, 5) is 101. The molecule has 0 spiro atoms. The van der Waals surface area contributed by atoms with Crippen LogP contribution in [0.4, 0.5) is 14.9 Å². The number of ether oxygens (including phenoxy) is 1. The van der Waals surface area contributed by atoms with E-state index in [0.717, 1.165) is 80.7 Å². The summed E-state index contributed by atoms with van der Waals surface area (Å²) in [6.07, 6.45) is 7.61. The Hall–Kier alpha value is -7.97. The predicted molar refractivity (Wildman–Crippen MR) is 310 cm³/mol. The second kappa shape index (κ2) is 30.0. The van der Waals surface area contributed by atoms with Crippen LogP contribution >= 0.6 is 0 Å². The van der Waals surface area contributed by atoms with Gasteiger partial charge in [-0.2, -0.15) is 0 Å². The van der Waals surface area contributed by atoms with Gasteiger partial charge >= 0.3 is 6.09 Å². The summed E-state index contributed by atoms with van der Waals surface area (Å²) in [5.41, 5.74) is 10.8. The maximum absolute atomic E-state index is 14.2. The molecular formula is C61H79FN12O7. The molecule has 0 bridgehead atoms. The number of pyridine rings is 1. The van der Waals surface area contributed by atoms with Gasteiger partial charge in [0.2, 0.25) is 24.1 Å². The van der Waals surface area contributed by atoms with E-state index in [0.29, 0.717) is 80.5 Å². The molecule has 19 nitrogen and oxygen atoms in total. The molecule has 3 aliphatic heterocycles. The number of nitrogens with one attached hydrogen (secondary N) is 2. The summed E-state index contributed by atoms with van der Waals surface area (Å²) >= 11 is 0. The first-order valence-corrected chi connectivity index (χ1v) is 27.9. The number of amides is 6. The molecule has 0 saturated carbocycles. The Labute approximate surface area is 475 Å². The number of likely N-dealkylation sites (tertiary alicyclic amines) is 1. The quantitative estimate of drug-likeness (QED) is 0.0625. The molecule has 81 heavy (non-hydrogen) atoms. The maximum atomic E-state index is 14.2. The van der Waals surface area contributed by atoms with Crippen molar-refractivity contribution in [2.24, 2.45) is 11.7 Å². The van der Waals surface area contributed by atoms with Crippen molar-refractivity contribution in [3.8, 4) is 11.1 Å². The van der Waals surface area contributed by atoms with Gasteiger partial charge in [0.1, 0.15) is 24.3 Å². The lowest BCUT2D eigenvalue weighted by molar-refractivity contribution is -0.136. The molecule has 6 amide bonds. The Kier molecular flexibility index (Phi) is 23.1. The average molecular weight is 1110 g/mol. The molecular weight excluding hydrogens is 1030 g/mol. The Morgan fingerprint density at radius 2 is 1.51 bits per heavy atom. The molecule has 8 rings (SSSR count). The van der Waals surface area contributed by atoms with Crippen molar-refractivity contribution >= 4 is 47.5 Å². The maximum Gasteiger partial charge on any atom is 0.411 e. The van der Waals surface area contributed by atoms with Gasteiger partial charge in [-0.25, -0.2) is 24.1 Å². The van der Waals surface area contributed by atoms with Crippen LogP contribution in [0.3, 0.4) is 0 Å². The second-order valence-corrected chi connectivity index (χ2v) is 21.2. The molecule has 0 radical (unpaired) electrons. The van der Waals surface area contributed by atoms with Gasteiger partial charge in [0.15, 0.2) is 5.69 Å². The molecule has 20 heteroatoms. The number of anilines is 1. The zero-order valence-electron chi connectivity index (χ0n) is 48.0. The topological polar surface area (TPSA) is 232 Å². The number of primary amides is 1. The number of piperazine rings is 2. The van der Waals surface area contributed by atoms with Crippen LogP contribution in [0.2, 0.25) is 0 Å².